The van der Waals surface area contributed by atoms with Gasteiger partial charge < -0.3 is 49.3 Å². The summed E-state index contributed by atoms with van der Waals surface area (Å²) < 4.78 is 24.3. The van der Waals surface area contributed by atoms with Crippen LogP contribution in [0.5, 0.6) is 10.9 Å². The van der Waals surface area contributed by atoms with Gasteiger partial charge in [0.25, 0.3) is 5.19 Å². The van der Waals surface area contributed by atoms with Gasteiger partial charge in [-0.15, -0.1) is 0 Å². The lowest BCUT2D eigenvalue weighted by Crippen LogP contribution is -2.51. The number of nitrogens with zero attached hydrogens (tertiary/aromatic N) is 6. The highest BCUT2D eigenvalue weighted by molar-refractivity contribution is 7.13. The number of H-pyrrole nitrogens is 2. The lowest BCUT2D eigenvalue weighted by molar-refractivity contribution is -0.136. The third-order valence-corrected chi connectivity index (χ3v) is 14.1. The van der Waals surface area contributed by atoms with Crippen LogP contribution >= 0.6 is 11.3 Å². The van der Waals surface area contributed by atoms with Crippen molar-refractivity contribution in [3.05, 3.63) is 77.1 Å². The van der Waals surface area contributed by atoms with Crippen molar-refractivity contribution in [3.8, 4) is 44.7 Å². The molecule has 7 heterocycles. The van der Waals surface area contributed by atoms with Crippen LogP contribution in [0.4, 0.5) is 9.59 Å². The first-order valence-electron chi connectivity index (χ1n) is 22.6. The quantitative estimate of drug-likeness (QED) is 0.0927. The van der Waals surface area contributed by atoms with E-state index in [2.05, 4.69) is 67.4 Å². The molecule has 0 radical (unpaired) electrons. The third kappa shape index (κ3) is 8.44. The third-order valence-electron chi connectivity index (χ3n) is 13.1. The topological polar surface area (TPSA) is 211 Å². The Hall–Kier alpha value is -6.89. The number of alkyl carbamates (subject to hydrolysis) is 2. The van der Waals surface area contributed by atoms with Crippen molar-refractivity contribution in [2.45, 2.75) is 90.7 Å². The van der Waals surface area contributed by atoms with E-state index in [1.807, 2.05) is 44.9 Å². The molecule has 2 aromatic carbocycles. The number of thiazole rings is 1. The number of imidazole rings is 2. The second-order valence-corrected chi connectivity index (χ2v) is 19.0. The molecule has 67 heavy (non-hydrogen) atoms. The van der Waals surface area contributed by atoms with Gasteiger partial charge in [-0.25, -0.2) is 24.5 Å². The molecule has 19 heteroatoms. The van der Waals surface area contributed by atoms with E-state index in [0.29, 0.717) is 35.7 Å². The summed E-state index contributed by atoms with van der Waals surface area (Å²) in [5.41, 5.74) is 7.30. The average molecular weight is 933 g/mol. The summed E-state index contributed by atoms with van der Waals surface area (Å²) in [5, 5.41) is 6.95. The first-order valence-corrected chi connectivity index (χ1v) is 23.5. The SMILES string of the molecule is COC(=O)N[C@H](C(=O)N1CCC[C@H]1c1ncc(-c2cc(C)c3c(c2)OC(c2cnc(OC)s2)n2c-3cc3cc(-c4cnc([C@@H]5CCCN5C(=O)[C@@H](NC(=O)OC)C(C)C)[nH]4)ccc32)[nH]1)C(C)C. The molecule has 3 aliphatic heterocycles. The van der Waals surface area contributed by atoms with Crippen molar-refractivity contribution in [2.24, 2.45) is 11.8 Å². The predicted molar refractivity (Wildman–Crippen MR) is 250 cm³/mol. The van der Waals surface area contributed by atoms with Crippen molar-refractivity contribution < 1.29 is 38.1 Å². The second-order valence-electron chi connectivity index (χ2n) is 18.0. The normalized spacial score (nSPS) is 18.7. The predicted octanol–water partition coefficient (Wildman–Crippen LogP) is 7.89. The number of ether oxygens (including phenoxy) is 4. The van der Waals surface area contributed by atoms with E-state index < -0.39 is 30.5 Å². The monoisotopic (exact) mass is 932 g/mol. The van der Waals surface area contributed by atoms with Crippen molar-refractivity contribution >= 4 is 46.2 Å². The van der Waals surface area contributed by atoms with E-state index in [-0.39, 0.29) is 35.7 Å². The van der Waals surface area contributed by atoms with Gasteiger partial charge in [0.15, 0.2) is 0 Å². The Labute approximate surface area is 391 Å². The molecule has 4 N–H and O–H groups in total. The maximum Gasteiger partial charge on any atom is 0.407 e. The Morgan fingerprint density at radius 1 is 0.761 bits per heavy atom. The molecule has 3 aliphatic rings. The van der Waals surface area contributed by atoms with Gasteiger partial charge in [0.2, 0.25) is 18.0 Å². The van der Waals surface area contributed by atoms with Crippen LogP contribution in [0.2, 0.25) is 0 Å². The Morgan fingerprint density at radius 3 is 1.88 bits per heavy atom. The van der Waals surface area contributed by atoms with E-state index in [9.17, 15) is 19.2 Å². The summed E-state index contributed by atoms with van der Waals surface area (Å²) in [6.07, 6.45) is 6.66. The number of aromatic amines is 2. The summed E-state index contributed by atoms with van der Waals surface area (Å²) in [5.74, 6) is 1.45. The Bertz CT molecular complexity index is 2840. The van der Waals surface area contributed by atoms with Crippen LogP contribution in [-0.4, -0.2) is 110 Å². The van der Waals surface area contributed by atoms with Crippen LogP contribution in [0.1, 0.15) is 93.8 Å². The standard InChI is InChI=1S/C48H56N10O8S/c1-24(2)39(54-46(61)63-6)43(59)56-15-9-11-33(56)41-49-21-30(52-41)27-13-14-32-29(18-27)19-35-38-26(5)17-28(20-36(38)66-45(58(32)35)37-23-51-48(65-8)67-37)31-22-50-42(53-31)34-12-10-16-57(34)44(60)40(25(3)4)55-47(62)64-7/h13-14,17-25,33-34,39-40,45H,9-12,15-16H2,1-8H3,(H,49,52)(H,50,53)(H,54,61)(H,55,62)/t33-,34-,39-,40-,45?/m0/s1. The van der Waals surface area contributed by atoms with Crippen molar-refractivity contribution in [1.29, 1.82) is 0 Å². The number of aromatic nitrogens is 6. The first kappa shape index (κ1) is 45.3. The van der Waals surface area contributed by atoms with Crippen LogP contribution in [0, 0.1) is 18.8 Å². The van der Waals surface area contributed by atoms with Gasteiger partial charge in [-0.2, -0.15) is 0 Å². The van der Waals surface area contributed by atoms with Crippen LogP contribution in [0.3, 0.4) is 0 Å². The minimum Gasteiger partial charge on any atom is -0.473 e. The van der Waals surface area contributed by atoms with Crippen molar-refractivity contribution in [3.63, 3.8) is 0 Å². The van der Waals surface area contributed by atoms with Gasteiger partial charge in [-0.1, -0.05) is 45.1 Å². The maximum atomic E-state index is 13.8. The number of hydrogen-bond donors (Lipinski definition) is 4. The van der Waals surface area contributed by atoms with Gasteiger partial charge in [-0.3, -0.25) is 14.2 Å². The van der Waals surface area contributed by atoms with Crippen LogP contribution in [-0.2, 0) is 19.1 Å². The highest BCUT2D eigenvalue weighted by Gasteiger charge is 2.40. The molecule has 4 amide bonds. The number of likely N-dealkylation sites (tertiary alicyclic amines) is 2. The lowest BCUT2D eigenvalue weighted by atomic mass is 9.98. The summed E-state index contributed by atoms with van der Waals surface area (Å²) >= 11 is 1.42. The van der Waals surface area contributed by atoms with Gasteiger partial charge in [0.1, 0.15) is 29.5 Å². The molecule has 0 aliphatic carbocycles. The van der Waals surface area contributed by atoms with E-state index in [4.69, 9.17) is 28.9 Å². The molecule has 4 aromatic heterocycles. The molecule has 0 bridgehead atoms. The van der Waals surface area contributed by atoms with Crippen LogP contribution in [0.25, 0.3) is 44.7 Å². The van der Waals surface area contributed by atoms with Crippen LogP contribution < -0.4 is 20.1 Å². The molecular weight excluding hydrogens is 877 g/mol. The van der Waals surface area contributed by atoms with E-state index in [1.54, 1.807) is 24.4 Å². The fraction of sp³-hybridized carbons (Fsp3) is 0.438. The smallest absolute Gasteiger partial charge is 0.407 e. The number of amides is 4. The highest BCUT2D eigenvalue weighted by Crippen LogP contribution is 2.49. The molecule has 2 saturated heterocycles. The van der Waals surface area contributed by atoms with Gasteiger partial charge in [0.05, 0.1) is 79.5 Å². The molecule has 0 saturated carbocycles. The average Bonchev–Trinajstić information content (AvgIpc) is 4.18. The molecule has 6 aromatic rings. The number of aryl methyl sites for hydroxylation is 1. The van der Waals surface area contributed by atoms with E-state index in [0.717, 1.165) is 80.8 Å². The molecule has 18 nitrogen and oxygen atoms in total. The number of carbonyl (C=O) groups is 4. The number of nitrogens with one attached hydrogen (secondary N) is 4. The summed E-state index contributed by atoms with van der Waals surface area (Å²) in [6, 6.07) is 10.6. The minimum atomic E-state index is -0.732. The van der Waals surface area contributed by atoms with Crippen molar-refractivity contribution in [1.82, 2.24) is 49.9 Å². The molecule has 1 unspecified atom stereocenters. The number of benzene rings is 2. The zero-order valence-corrected chi connectivity index (χ0v) is 39.7. The Kier molecular flexibility index (Phi) is 12.4. The number of fused-ring (bicyclic) bond motifs is 5. The molecule has 5 atom stereocenters. The van der Waals surface area contributed by atoms with Crippen LogP contribution in [0.15, 0.2) is 55.0 Å². The summed E-state index contributed by atoms with van der Waals surface area (Å²) in [7, 11) is 4.17. The number of hydrogen-bond acceptors (Lipinski definition) is 12. The minimum absolute atomic E-state index is 0.137. The summed E-state index contributed by atoms with van der Waals surface area (Å²) in [6.45, 7) is 10.8. The number of rotatable bonds is 12. The number of methoxy groups -OCH3 is 3. The highest BCUT2D eigenvalue weighted by atomic mass is 32.1. The Balaban J connectivity index is 1.03. The molecule has 2 fully saturated rings. The van der Waals surface area contributed by atoms with Crippen molar-refractivity contribution in [2.75, 3.05) is 34.4 Å². The second kappa shape index (κ2) is 18.4. The largest absolute Gasteiger partial charge is 0.473 e. The first-order chi connectivity index (χ1) is 32.3. The molecular formula is C48H56N10O8S. The van der Waals surface area contributed by atoms with Gasteiger partial charge in [-0.05, 0) is 80.3 Å². The fourth-order valence-electron chi connectivity index (χ4n) is 9.71. The zero-order chi connectivity index (χ0) is 47.3. The molecule has 0 spiro atoms. The molecule has 352 valence electrons. The van der Waals surface area contributed by atoms with Gasteiger partial charge in [0, 0.05) is 35.2 Å². The van der Waals surface area contributed by atoms with Gasteiger partial charge >= 0.3 is 12.2 Å². The summed E-state index contributed by atoms with van der Waals surface area (Å²) in [4.78, 5) is 77.5. The fourth-order valence-corrected chi connectivity index (χ4v) is 10.5. The molecule has 9 rings (SSSR count). The zero-order valence-electron chi connectivity index (χ0n) is 38.8. The Morgan fingerprint density at radius 2 is 1.34 bits per heavy atom. The maximum absolute atomic E-state index is 13.8. The lowest BCUT2D eigenvalue weighted by Gasteiger charge is -2.30. The number of carbonyl (C=O) groups excluding carboxylic acids is 4. The van der Waals surface area contributed by atoms with E-state index >= 15 is 0 Å². The van der Waals surface area contributed by atoms with E-state index in [1.165, 1.54) is 25.6 Å².